The molecular weight excluding hydrogens is 639 g/mol. The Morgan fingerprint density at radius 3 is 2.45 bits per heavy atom. The first kappa shape index (κ1) is 31.6. The molecule has 262 valence electrons. The third kappa shape index (κ3) is 4.31. The van der Waals surface area contributed by atoms with Crippen molar-refractivity contribution in [2.45, 2.75) is 83.1 Å². The van der Waals surface area contributed by atoms with Gasteiger partial charge in [-0.2, -0.15) is 0 Å². The topological polar surface area (TPSA) is 3.24 Å². The van der Waals surface area contributed by atoms with Gasteiger partial charge in [0.1, 0.15) is 0 Å². The molecule has 53 heavy (non-hydrogen) atoms. The van der Waals surface area contributed by atoms with Crippen LogP contribution in [0.1, 0.15) is 93.2 Å². The summed E-state index contributed by atoms with van der Waals surface area (Å²) in [6, 6.07) is 17.2. The van der Waals surface area contributed by atoms with Crippen LogP contribution in [-0.2, 0) is 17.3 Å². The molecule has 0 aliphatic heterocycles. The van der Waals surface area contributed by atoms with E-state index in [-0.39, 0.29) is 16.9 Å². The molecule has 0 heterocycles. The van der Waals surface area contributed by atoms with Crippen molar-refractivity contribution in [1.82, 2.24) is 0 Å². The number of anilines is 1. The first-order valence-electron chi connectivity index (χ1n) is 20.3. The summed E-state index contributed by atoms with van der Waals surface area (Å²) >= 11 is 0. The molecule has 0 aromatic heterocycles. The predicted octanol–water partition coefficient (Wildman–Crippen LogP) is 12.8. The van der Waals surface area contributed by atoms with Crippen molar-refractivity contribution in [2.24, 2.45) is 17.8 Å². The lowest BCUT2D eigenvalue weighted by molar-refractivity contribution is 0.488. The van der Waals surface area contributed by atoms with Crippen LogP contribution in [-0.4, -0.2) is 6.04 Å². The average Bonchev–Trinajstić information content (AvgIpc) is 3.57. The summed E-state index contributed by atoms with van der Waals surface area (Å²) < 4.78 is 0. The quantitative estimate of drug-likeness (QED) is 0.265. The zero-order valence-electron chi connectivity index (χ0n) is 31.6. The second-order valence-electron chi connectivity index (χ2n) is 17.7. The molecule has 4 unspecified atom stereocenters. The molecule has 1 heteroatoms. The lowest BCUT2D eigenvalue weighted by atomic mass is 9.68. The minimum absolute atomic E-state index is 0.0818. The largest absolute Gasteiger partial charge is 0.336 e. The number of nitrogens with zero attached hydrogens (tertiary/aromatic N) is 1. The standard InChI is InChI=1S/C52H49N/c1-51(2)43-30-34-18-10-13-23-38(34)50(47(43)42-29-27-33-17-9-12-22-37(33)49(42)51)53(35-19-6-5-7-20-35)45-31-44-46(40-25-15-14-24-39(40)45)41-28-26-32-16-8-11-21-36(32)48(41)52(44,3)4/h5-6,8,10-12,14-16,18-19,21-22,24-32,36,38,50H,7,9,13,17,20,23H2,1-4H3. The summed E-state index contributed by atoms with van der Waals surface area (Å²) in [4.78, 5) is 2.88. The second-order valence-corrected chi connectivity index (χ2v) is 17.7. The zero-order chi connectivity index (χ0) is 35.6. The number of fused-ring (bicyclic) bond motifs is 11. The van der Waals surface area contributed by atoms with Crippen LogP contribution in [0, 0.1) is 17.8 Å². The van der Waals surface area contributed by atoms with E-state index in [1.54, 1.807) is 16.7 Å². The molecule has 0 saturated heterocycles. The van der Waals surface area contributed by atoms with Crippen LogP contribution in [0.3, 0.4) is 0 Å². The van der Waals surface area contributed by atoms with Crippen molar-refractivity contribution in [3.05, 3.63) is 177 Å². The maximum Gasteiger partial charge on any atom is 0.0666 e. The highest BCUT2D eigenvalue weighted by molar-refractivity contribution is 6.08. The molecule has 3 aromatic rings. The van der Waals surface area contributed by atoms with Gasteiger partial charge in [-0.15, -0.1) is 0 Å². The summed E-state index contributed by atoms with van der Waals surface area (Å²) in [7, 11) is 0. The molecular formula is C52H49N. The normalized spacial score (nSPS) is 27.5. The van der Waals surface area contributed by atoms with Gasteiger partial charge in [0, 0.05) is 45.4 Å². The lowest BCUT2D eigenvalue weighted by Gasteiger charge is -2.46. The predicted molar refractivity (Wildman–Crippen MR) is 225 cm³/mol. The zero-order valence-corrected chi connectivity index (χ0v) is 31.6. The Balaban J connectivity index is 1.19. The van der Waals surface area contributed by atoms with Crippen LogP contribution in [0.25, 0.3) is 28.0 Å². The van der Waals surface area contributed by atoms with Crippen LogP contribution in [0.4, 0.5) is 5.69 Å². The van der Waals surface area contributed by atoms with Gasteiger partial charge >= 0.3 is 0 Å². The Hall–Kier alpha value is -4.88. The number of allylic oxidation sites excluding steroid dienone is 17. The SMILES string of the molecule is CC1(C)C2=C(C=CC3C=CC=CC23)c2c1cc(N(C1=CC=CCC1)C1C3=C(C=C4C=CCCC41)C(C)(C)c1c3ccc3c1C=CCC3)c1ccccc21. The first-order chi connectivity index (χ1) is 25.8. The van der Waals surface area contributed by atoms with E-state index in [1.807, 2.05) is 0 Å². The van der Waals surface area contributed by atoms with Crippen molar-refractivity contribution >= 4 is 33.7 Å². The molecule has 0 fully saturated rings. The third-order valence-electron chi connectivity index (χ3n) is 14.2. The van der Waals surface area contributed by atoms with E-state index in [9.17, 15) is 0 Å². The smallest absolute Gasteiger partial charge is 0.0666 e. The molecule has 0 amide bonds. The molecule has 8 aliphatic rings. The van der Waals surface area contributed by atoms with Gasteiger partial charge < -0.3 is 4.90 Å². The maximum absolute atomic E-state index is 2.88. The van der Waals surface area contributed by atoms with Crippen molar-refractivity contribution in [3.63, 3.8) is 0 Å². The van der Waals surface area contributed by atoms with Crippen LogP contribution in [0.15, 0.2) is 144 Å². The molecule has 1 nitrogen and oxygen atoms in total. The van der Waals surface area contributed by atoms with Gasteiger partial charge in [-0.1, -0.05) is 143 Å². The van der Waals surface area contributed by atoms with Gasteiger partial charge in [0.05, 0.1) is 6.04 Å². The van der Waals surface area contributed by atoms with E-state index < -0.39 is 0 Å². The number of hydrogen-bond acceptors (Lipinski definition) is 1. The molecule has 0 bridgehead atoms. The van der Waals surface area contributed by atoms with E-state index in [0.717, 1.165) is 32.1 Å². The molecule has 0 saturated carbocycles. The van der Waals surface area contributed by atoms with E-state index >= 15 is 0 Å². The van der Waals surface area contributed by atoms with Crippen LogP contribution < -0.4 is 4.90 Å². The van der Waals surface area contributed by atoms with E-state index in [0.29, 0.717) is 17.8 Å². The number of benzene rings is 3. The molecule has 4 atom stereocenters. The number of aryl methyl sites for hydroxylation is 1. The van der Waals surface area contributed by atoms with E-state index in [1.165, 1.54) is 73.1 Å². The van der Waals surface area contributed by atoms with E-state index in [2.05, 4.69) is 160 Å². The molecule has 3 aromatic carbocycles. The molecule has 0 N–H and O–H groups in total. The maximum atomic E-state index is 2.88. The van der Waals surface area contributed by atoms with Crippen LogP contribution in [0.2, 0.25) is 0 Å². The summed E-state index contributed by atoms with van der Waals surface area (Å²) in [5, 5.41) is 2.76. The Morgan fingerprint density at radius 1 is 0.755 bits per heavy atom. The van der Waals surface area contributed by atoms with Crippen molar-refractivity contribution in [3.8, 4) is 0 Å². The highest BCUT2D eigenvalue weighted by atomic mass is 15.2. The summed E-state index contributed by atoms with van der Waals surface area (Å²) in [6.45, 7) is 10.0. The Morgan fingerprint density at radius 2 is 1.58 bits per heavy atom. The van der Waals surface area contributed by atoms with Gasteiger partial charge in [0.25, 0.3) is 0 Å². The summed E-state index contributed by atoms with van der Waals surface area (Å²) in [5.74, 6) is 1.24. The summed E-state index contributed by atoms with van der Waals surface area (Å²) in [6.07, 6.45) is 40.5. The van der Waals surface area contributed by atoms with Gasteiger partial charge in [-0.3, -0.25) is 0 Å². The second kappa shape index (κ2) is 11.3. The highest BCUT2D eigenvalue weighted by Crippen LogP contribution is 2.60. The van der Waals surface area contributed by atoms with Crippen LogP contribution >= 0.6 is 0 Å². The molecule has 0 radical (unpaired) electrons. The first-order valence-corrected chi connectivity index (χ1v) is 20.3. The lowest BCUT2D eigenvalue weighted by Crippen LogP contribution is -2.44. The minimum Gasteiger partial charge on any atom is -0.336 e. The number of rotatable bonds is 3. The van der Waals surface area contributed by atoms with Gasteiger partial charge in [0.15, 0.2) is 0 Å². The molecule has 11 rings (SSSR count). The van der Waals surface area contributed by atoms with Gasteiger partial charge in [-0.05, 0) is 117 Å². The Labute approximate surface area is 315 Å². The Bertz CT molecular complexity index is 2470. The fraction of sp³-hybridized carbons (Fsp3) is 0.308. The van der Waals surface area contributed by atoms with Crippen LogP contribution in [0.5, 0.6) is 0 Å². The van der Waals surface area contributed by atoms with Gasteiger partial charge in [-0.25, -0.2) is 0 Å². The summed E-state index contributed by atoms with van der Waals surface area (Å²) in [5.41, 5.74) is 19.3. The molecule has 0 spiro atoms. The highest BCUT2D eigenvalue weighted by Gasteiger charge is 2.50. The Kier molecular flexibility index (Phi) is 6.75. The van der Waals surface area contributed by atoms with Crippen molar-refractivity contribution in [2.75, 3.05) is 4.90 Å². The number of hydrogen-bond donors (Lipinski definition) is 0. The fourth-order valence-electron chi connectivity index (χ4n) is 11.9. The van der Waals surface area contributed by atoms with Crippen molar-refractivity contribution in [1.29, 1.82) is 0 Å². The molecule has 8 aliphatic carbocycles. The monoisotopic (exact) mass is 687 g/mol. The average molecular weight is 688 g/mol. The third-order valence-corrected chi connectivity index (χ3v) is 14.2. The van der Waals surface area contributed by atoms with E-state index in [4.69, 9.17) is 0 Å². The minimum atomic E-state index is -0.0951. The van der Waals surface area contributed by atoms with Crippen molar-refractivity contribution < 1.29 is 0 Å². The fourth-order valence-corrected chi connectivity index (χ4v) is 11.9. The van der Waals surface area contributed by atoms with Gasteiger partial charge in [0.2, 0.25) is 0 Å².